The van der Waals surface area contributed by atoms with Gasteiger partial charge in [-0.15, -0.1) is 8.67 Å². The van der Waals surface area contributed by atoms with Gasteiger partial charge in [-0.2, -0.15) is 37.3 Å². The van der Waals surface area contributed by atoms with Crippen molar-refractivity contribution >= 4 is 62.2 Å². The summed E-state index contributed by atoms with van der Waals surface area (Å²) in [5.74, 6) is -8.78. The SMILES string of the molecule is NC1NC(NC2CCC(NC3NC(N)NC(NC4CC(S(=O)(=O)O)CC5CC(SOOO)C(N=NC6CC(C(=O)O)CC(C(=O)O)C6)C(O)C54)N3)CC2)NC(NC2CC(S(=O)(=O)O)CC3CC(SOOO)C(N=NC4CC(OCO)CC(C(=O)O)C4)C(O)C32)N1. The molecule has 9 aliphatic rings. The van der Waals surface area contributed by atoms with Gasteiger partial charge in [0.25, 0.3) is 20.2 Å². The van der Waals surface area contributed by atoms with Crippen molar-refractivity contribution in [1.29, 1.82) is 0 Å². The Morgan fingerprint density at radius 1 is 0.511 bits per heavy atom. The van der Waals surface area contributed by atoms with Crippen molar-refractivity contribution in [2.24, 2.45) is 73.3 Å². The molecule has 2 aliphatic heterocycles. The fraction of sp³-hybridized carbons (Fsp3) is 0.938. The summed E-state index contributed by atoms with van der Waals surface area (Å²) >= 11 is 1.25. The van der Waals surface area contributed by atoms with Gasteiger partial charge >= 0.3 is 17.9 Å². The number of azo groups is 2. The Morgan fingerprint density at radius 2 is 0.889 bits per heavy atom. The zero-order valence-corrected chi connectivity index (χ0v) is 51.9. The Morgan fingerprint density at radius 3 is 1.26 bits per heavy atom. The highest BCUT2D eigenvalue weighted by Gasteiger charge is 2.56. The Bertz CT molecular complexity index is 2670. The number of aliphatic hydroxyl groups excluding tert-OH is 3. The summed E-state index contributed by atoms with van der Waals surface area (Å²) < 4.78 is 87.0. The number of nitrogens with one attached hydrogen (secondary N) is 10. The molecule has 25 unspecified atom stereocenters. The van der Waals surface area contributed by atoms with E-state index in [-0.39, 0.29) is 89.1 Å². The average molecular weight is 1370 g/mol. The molecule has 9 fully saturated rings. The molecular formula is C48H86N16O22S4. The summed E-state index contributed by atoms with van der Waals surface area (Å²) in [5.41, 5.74) is 13.0. The quantitative estimate of drug-likeness (QED) is 0.0106. The molecule has 7 saturated carbocycles. The van der Waals surface area contributed by atoms with E-state index >= 15 is 0 Å². The molecule has 0 spiro atoms. The van der Waals surface area contributed by atoms with E-state index in [4.69, 9.17) is 35.4 Å². The standard InChI is InChI=1S/C48H86N16O22S4/c49-43-55-45(59-47(57-43)53-30-15-28(89(76,77)78)10-18-12-32(87-85-83-74)36(38(66)34(18)30)63-61-25-6-20(40(68)69)5-21(7-25)41(70)71)51-23-1-3-24(4-2-23)52-46-56-44(50)58-48(60-46)54-31-16-29(90(79,80)81)11-19-13-33(88-86-84-75)37(39(67)35(19)31)64-62-26-8-22(42(72)73)9-27(14-26)82-17-65/h18-39,43-48,51-60,65-67,74-75H,1-17,49-50H2,(H,68,69)(H,70,71)(H,72,73)(H,76,77,78)(H,79,80,81). The number of fused-ring (bicyclic) bond motifs is 2. The zero-order valence-electron chi connectivity index (χ0n) is 48.6. The van der Waals surface area contributed by atoms with Crippen LogP contribution in [0.25, 0.3) is 0 Å². The molecule has 42 heteroatoms. The fourth-order valence-corrected chi connectivity index (χ4v) is 18.9. The second-order valence-corrected chi connectivity index (χ2v) is 30.5. The maximum absolute atomic E-state index is 12.8. The van der Waals surface area contributed by atoms with Gasteiger partial charge in [0.1, 0.15) is 56.6 Å². The van der Waals surface area contributed by atoms with Crippen LogP contribution < -0.4 is 64.6 Å². The second kappa shape index (κ2) is 31.9. The molecule has 25 atom stereocenters. The van der Waals surface area contributed by atoms with Crippen molar-refractivity contribution in [1.82, 2.24) is 53.2 Å². The molecule has 514 valence electrons. The number of ether oxygens (including phenoxy) is 1. The summed E-state index contributed by atoms with van der Waals surface area (Å²) in [4.78, 5) is 35.9. The minimum atomic E-state index is -4.61. The lowest BCUT2D eigenvalue weighted by Crippen LogP contribution is -2.79. The molecule has 2 heterocycles. The summed E-state index contributed by atoms with van der Waals surface area (Å²) in [6.07, 6.45) is -4.66. The normalized spacial score (nSPS) is 44.0. The first-order valence-corrected chi connectivity index (χ1v) is 34.8. The number of nitrogens with zero attached hydrogens (tertiary/aromatic N) is 4. The predicted octanol–water partition coefficient (Wildman–Crippen LogP) is -3.27. The van der Waals surface area contributed by atoms with Crippen LogP contribution in [-0.4, -0.2) is 217 Å². The molecule has 0 aromatic heterocycles. The summed E-state index contributed by atoms with van der Waals surface area (Å²) in [6.45, 7) is -0.624. The lowest BCUT2D eigenvalue weighted by Gasteiger charge is -2.51. The van der Waals surface area contributed by atoms with Crippen molar-refractivity contribution in [2.75, 3.05) is 6.79 Å². The van der Waals surface area contributed by atoms with Gasteiger partial charge in [-0.1, -0.05) is 10.1 Å². The van der Waals surface area contributed by atoms with Crippen LogP contribution in [0.4, 0.5) is 0 Å². The minimum absolute atomic E-state index is 0.00941. The number of carboxylic acids is 3. The van der Waals surface area contributed by atoms with Gasteiger partial charge in [-0.25, -0.2) is 10.5 Å². The number of carbonyl (C=O) groups is 3. The third-order valence-electron chi connectivity index (χ3n) is 19.5. The first-order chi connectivity index (χ1) is 42.8. The lowest BCUT2D eigenvalue weighted by atomic mass is 9.65. The summed E-state index contributed by atoms with van der Waals surface area (Å²) in [7, 11) is -9.20. The molecule has 0 aromatic rings. The Labute approximate surface area is 526 Å². The smallest absolute Gasteiger partial charge is 0.306 e. The molecule has 0 radical (unpaired) electrons. The maximum Gasteiger partial charge on any atom is 0.306 e. The molecule has 38 nitrogen and oxygen atoms in total. The van der Waals surface area contributed by atoms with E-state index in [0.29, 0.717) is 49.8 Å². The third-order valence-corrected chi connectivity index (χ3v) is 23.7. The van der Waals surface area contributed by atoms with Crippen LogP contribution in [-0.2, 0) is 58.1 Å². The molecule has 2 saturated heterocycles. The van der Waals surface area contributed by atoms with Gasteiger partial charge < -0.3 is 46.8 Å². The van der Waals surface area contributed by atoms with Gasteiger partial charge in [-0.05, 0) is 115 Å². The van der Waals surface area contributed by atoms with Crippen molar-refractivity contribution < 1.29 is 105 Å². The monoisotopic (exact) mass is 1370 g/mol. The van der Waals surface area contributed by atoms with Crippen molar-refractivity contribution in [3.05, 3.63) is 0 Å². The first kappa shape index (κ1) is 71.5. The first-order valence-electron chi connectivity index (χ1n) is 30.1. The number of rotatable bonds is 25. The molecular weight excluding hydrogens is 1280 g/mol. The second-order valence-electron chi connectivity index (χ2n) is 25.2. The van der Waals surface area contributed by atoms with E-state index in [9.17, 15) is 71.0 Å². The number of nitrogens with two attached hydrogens (primary N) is 2. The number of aliphatic carboxylic acids is 3. The predicted molar refractivity (Wildman–Crippen MR) is 311 cm³/mol. The van der Waals surface area contributed by atoms with Gasteiger partial charge in [0.05, 0.1) is 69.1 Å². The third kappa shape index (κ3) is 18.6. The summed E-state index contributed by atoms with van der Waals surface area (Å²) in [6, 6.07) is -5.31. The highest BCUT2D eigenvalue weighted by atomic mass is 32.2. The molecule has 0 aromatic carbocycles. The van der Waals surface area contributed by atoms with Crippen LogP contribution >= 0.6 is 24.1 Å². The highest BCUT2D eigenvalue weighted by molar-refractivity contribution is 7.95. The molecule has 7 aliphatic carbocycles. The Balaban J connectivity index is 0.812. The largest absolute Gasteiger partial charge is 0.481 e. The molecule has 0 amide bonds. The Hall–Kier alpha value is -2.75. The molecule has 24 N–H and O–H groups in total. The summed E-state index contributed by atoms with van der Waals surface area (Å²) in [5, 5.41) is 136. The topological polar surface area (TPSA) is 590 Å². The number of aliphatic hydroxyl groups is 3. The fourth-order valence-electron chi connectivity index (χ4n) is 15.4. The van der Waals surface area contributed by atoms with Gasteiger partial charge in [-0.3, -0.25) is 76.7 Å². The molecule has 90 heavy (non-hydrogen) atoms. The van der Waals surface area contributed by atoms with E-state index in [2.05, 4.69) is 83.7 Å². The Kier molecular flexibility index (Phi) is 25.3. The van der Waals surface area contributed by atoms with Crippen LogP contribution in [0.5, 0.6) is 0 Å². The van der Waals surface area contributed by atoms with Gasteiger partial charge in [0.2, 0.25) is 0 Å². The lowest BCUT2D eigenvalue weighted by molar-refractivity contribution is -0.432. The average Bonchev–Trinajstić information content (AvgIpc) is 0.880. The number of carboxylic acid groups (broad SMARTS) is 3. The van der Waals surface area contributed by atoms with Crippen LogP contribution in [0.15, 0.2) is 20.5 Å². The van der Waals surface area contributed by atoms with Gasteiger partial charge in [0, 0.05) is 60.1 Å². The highest BCUT2D eigenvalue weighted by Crippen LogP contribution is 2.49. The maximum atomic E-state index is 12.8. The van der Waals surface area contributed by atoms with E-state index in [1.807, 2.05) is 0 Å². The minimum Gasteiger partial charge on any atom is -0.481 e. The van der Waals surface area contributed by atoms with Crippen molar-refractivity contribution in [3.8, 4) is 0 Å². The molecule has 9 rings (SSSR count). The van der Waals surface area contributed by atoms with E-state index in [1.165, 1.54) is 0 Å². The van der Waals surface area contributed by atoms with E-state index in [1.54, 1.807) is 0 Å². The van der Waals surface area contributed by atoms with E-state index < -0.39 is 200 Å². The van der Waals surface area contributed by atoms with Gasteiger partial charge in [0.15, 0.2) is 0 Å². The van der Waals surface area contributed by atoms with Crippen LogP contribution in [0.2, 0.25) is 0 Å². The number of hydrogen-bond donors (Lipinski definition) is 22. The zero-order chi connectivity index (χ0) is 64.8. The van der Waals surface area contributed by atoms with Crippen LogP contribution in [0, 0.1) is 41.4 Å². The van der Waals surface area contributed by atoms with Crippen LogP contribution in [0.1, 0.15) is 103 Å². The van der Waals surface area contributed by atoms with E-state index in [0.717, 1.165) is 0 Å². The van der Waals surface area contributed by atoms with Crippen LogP contribution in [0.3, 0.4) is 0 Å². The number of hydrogen-bond acceptors (Lipinski definition) is 35. The molecule has 0 bridgehead atoms. The van der Waals surface area contributed by atoms with Crippen molar-refractivity contribution in [3.63, 3.8) is 0 Å². The van der Waals surface area contributed by atoms with Crippen molar-refractivity contribution in [2.45, 2.75) is 228 Å².